The van der Waals surface area contributed by atoms with E-state index in [-0.39, 0.29) is 17.9 Å². The van der Waals surface area contributed by atoms with Crippen LogP contribution in [0.2, 0.25) is 0 Å². The van der Waals surface area contributed by atoms with E-state index in [4.69, 9.17) is 0 Å². The number of nitrogens with zero attached hydrogens (tertiary/aromatic N) is 2. The minimum Gasteiger partial charge on any atom is -0.353 e. The highest BCUT2D eigenvalue weighted by molar-refractivity contribution is 5.80. The van der Waals surface area contributed by atoms with Crippen LogP contribution >= 0.6 is 0 Å². The van der Waals surface area contributed by atoms with Crippen molar-refractivity contribution in [3.8, 4) is 0 Å². The number of aromatic amines is 1. The smallest absolute Gasteiger partial charge is 0.223 e. The molecule has 1 aliphatic rings. The number of nitrogens with one attached hydrogen (secondary N) is 2. The van der Waals surface area contributed by atoms with Gasteiger partial charge in [0.15, 0.2) is 0 Å². The van der Waals surface area contributed by atoms with Gasteiger partial charge in [-0.25, -0.2) is 4.98 Å². The molecule has 2 aromatic rings. The van der Waals surface area contributed by atoms with E-state index in [0.29, 0.717) is 0 Å². The topological polar surface area (TPSA) is 61.0 Å². The quantitative estimate of drug-likeness (QED) is 0.912. The fourth-order valence-corrected chi connectivity index (χ4v) is 3.08. The van der Waals surface area contributed by atoms with Gasteiger partial charge in [0.05, 0.1) is 11.0 Å². The first kappa shape index (κ1) is 15.8. The highest BCUT2D eigenvalue weighted by atomic mass is 16.1. The van der Waals surface area contributed by atoms with Gasteiger partial charge in [-0.2, -0.15) is 0 Å². The molecule has 0 bridgehead atoms. The lowest BCUT2D eigenvalue weighted by atomic mass is 9.95. The molecule has 0 aliphatic carbocycles. The zero-order chi connectivity index (χ0) is 16.4. The average molecular weight is 314 g/mol. The van der Waals surface area contributed by atoms with E-state index < -0.39 is 0 Å². The van der Waals surface area contributed by atoms with E-state index in [0.717, 1.165) is 49.3 Å². The fraction of sp³-hybridized carbons (Fsp3) is 0.556. The van der Waals surface area contributed by atoms with E-state index in [1.807, 2.05) is 0 Å². The maximum Gasteiger partial charge on any atom is 0.223 e. The van der Waals surface area contributed by atoms with Crippen LogP contribution in [0.3, 0.4) is 0 Å². The molecule has 1 fully saturated rings. The second kappa shape index (κ2) is 6.60. The summed E-state index contributed by atoms with van der Waals surface area (Å²) in [7, 11) is 0. The number of rotatable bonds is 4. The van der Waals surface area contributed by atoms with Crippen LogP contribution in [0, 0.1) is 12.8 Å². The molecule has 1 atom stereocenters. The van der Waals surface area contributed by atoms with Crippen LogP contribution in [-0.2, 0) is 4.79 Å². The molecule has 2 N–H and O–H groups in total. The van der Waals surface area contributed by atoms with Crippen molar-refractivity contribution in [2.75, 3.05) is 18.0 Å². The van der Waals surface area contributed by atoms with Crippen LogP contribution in [0.1, 0.15) is 38.7 Å². The minimum atomic E-state index is 0.131. The van der Waals surface area contributed by atoms with E-state index in [9.17, 15) is 4.79 Å². The molecule has 1 unspecified atom stereocenters. The van der Waals surface area contributed by atoms with Crippen LogP contribution in [-0.4, -0.2) is 35.0 Å². The monoisotopic (exact) mass is 314 g/mol. The minimum absolute atomic E-state index is 0.131. The number of aromatic nitrogens is 2. The Bertz CT molecular complexity index is 685. The number of benzene rings is 1. The van der Waals surface area contributed by atoms with Gasteiger partial charge in [-0.05, 0) is 50.8 Å². The predicted molar refractivity (Wildman–Crippen MR) is 93.7 cm³/mol. The molecular formula is C18H26N4O. The van der Waals surface area contributed by atoms with E-state index >= 15 is 0 Å². The average Bonchev–Trinajstić information content (AvgIpc) is 2.97. The summed E-state index contributed by atoms with van der Waals surface area (Å²) >= 11 is 0. The van der Waals surface area contributed by atoms with E-state index in [1.54, 1.807) is 0 Å². The van der Waals surface area contributed by atoms with Crippen LogP contribution in [0.5, 0.6) is 0 Å². The fourth-order valence-electron chi connectivity index (χ4n) is 3.08. The van der Waals surface area contributed by atoms with E-state index in [2.05, 4.69) is 59.2 Å². The molecule has 2 heterocycles. The van der Waals surface area contributed by atoms with Gasteiger partial charge in [0.2, 0.25) is 11.9 Å². The van der Waals surface area contributed by atoms with Gasteiger partial charge in [0.25, 0.3) is 0 Å². The van der Waals surface area contributed by atoms with Crippen molar-refractivity contribution in [3.05, 3.63) is 23.8 Å². The first-order valence-electron chi connectivity index (χ1n) is 8.58. The summed E-state index contributed by atoms with van der Waals surface area (Å²) in [5.41, 5.74) is 3.31. The highest BCUT2D eigenvalue weighted by Gasteiger charge is 2.26. The molecule has 1 aliphatic heterocycles. The van der Waals surface area contributed by atoms with Crippen LogP contribution in [0.25, 0.3) is 11.0 Å². The highest BCUT2D eigenvalue weighted by Crippen LogP contribution is 2.24. The van der Waals surface area contributed by atoms with Crippen molar-refractivity contribution >= 4 is 22.9 Å². The predicted octanol–water partition coefficient (Wildman–Crippen LogP) is 3.00. The van der Waals surface area contributed by atoms with Crippen molar-refractivity contribution in [2.24, 2.45) is 5.92 Å². The summed E-state index contributed by atoms with van der Waals surface area (Å²) in [5, 5.41) is 3.10. The molecule has 124 valence electrons. The molecule has 1 aromatic carbocycles. The summed E-state index contributed by atoms with van der Waals surface area (Å²) in [6, 6.07) is 6.52. The summed E-state index contributed by atoms with van der Waals surface area (Å²) in [6.07, 6.45) is 2.75. The lowest BCUT2D eigenvalue weighted by molar-refractivity contribution is -0.126. The first-order chi connectivity index (χ1) is 11.1. The third kappa shape index (κ3) is 3.49. The number of aryl methyl sites for hydroxylation is 1. The van der Waals surface area contributed by atoms with Crippen molar-refractivity contribution in [1.82, 2.24) is 15.3 Å². The molecule has 0 radical (unpaired) electrons. The van der Waals surface area contributed by atoms with Crippen molar-refractivity contribution < 1.29 is 4.79 Å². The van der Waals surface area contributed by atoms with Gasteiger partial charge >= 0.3 is 0 Å². The Morgan fingerprint density at radius 2 is 2.17 bits per heavy atom. The molecule has 1 aromatic heterocycles. The van der Waals surface area contributed by atoms with Gasteiger partial charge < -0.3 is 15.2 Å². The Hall–Kier alpha value is -2.04. The number of imidazole rings is 1. The number of amides is 1. The zero-order valence-electron chi connectivity index (χ0n) is 14.2. The molecule has 1 saturated heterocycles. The molecular weight excluding hydrogens is 288 g/mol. The maximum atomic E-state index is 12.2. The zero-order valence-corrected chi connectivity index (χ0v) is 14.2. The molecule has 1 amide bonds. The Morgan fingerprint density at radius 3 is 2.87 bits per heavy atom. The Labute approximate surface area is 137 Å². The van der Waals surface area contributed by atoms with E-state index in [1.165, 1.54) is 5.56 Å². The number of H-pyrrole nitrogens is 1. The summed E-state index contributed by atoms with van der Waals surface area (Å²) in [6.45, 7) is 7.98. The number of hydrogen-bond acceptors (Lipinski definition) is 3. The second-order valence-corrected chi connectivity index (χ2v) is 6.66. The Balaban J connectivity index is 1.62. The SMILES string of the molecule is CCC(C)NC(=O)C1CCN(c2nc3ccc(C)cc3[nH]2)CC1. The summed E-state index contributed by atoms with van der Waals surface area (Å²) in [5.74, 6) is 1.26. The molecule has 5 heteroatoms. The van der Waals surface area contributed by atoms with Gasteiger partial charge in [0, 0.05) is 25.0 Å². The molecule has 3 rings (SSSR count). The van der Waals surface area contributed by atoms with Crippen LogP contribution in [0.15, 0.2) is 18.2 Å². The number of fused-ring (bicyclic) bond motifs is 1. The van der Waals surface area contributed by atoms with Gasteiger partial charge in [-0.15, -0.1) is 0 Å². The molecule has 0 spiro atoms. The van der Waals surface area contributed by atoms with Gasteiger partial charge in [0.1, 0.15) is 0 Å². The van der Waals surface area contributed by atoms with Gasteiger partial charge in [-0.1, -0.05) is 13.0 Å². The standard InChI is InChI=1S/C18H26N4O/c1-4-13(3)19-17(23)14-7-9-22(10-8-14)18-20-15-6-5-12(2)11-16(15)21-18/h5-6,11,13-14H,4,7-10H2,1-3H3,(H,19,23)(H,20,21). The van der Waals surface area contributed by atoms with Gasteiger partial charge in [-0.3, -0.25) is 4.79 Å². The third-order valence-electron chi connectivity index (χ3n) is 4.79. The lowest BCUT2D eigenvalue weighted by Gasteiger charge is -2.31. The number of hydrogen-bond donors (Lipinski definition) is 2. The molecule has 5 nitrogen and oxygen atoms in total. The molecule has 23 heavy (non-hydrogen) atoms. The number of anilines is 1. The first-order valence-corrected chi connectivity index (χ1v) is 8.58. The second-order valence-electron chi connectivity index (χ2n) is 6.66. The number of carbonyl (C=O) groups excluding carboxylic acids is 1. The summed E-state index contributed by atoms with van der Waals surface area (Å²) < 4.78 is 0. The maximum absolute atomic E-state index is 12.2. The Kier molecular flexibility index (Phi) is 4.55. The largest absolute Gasteiger partial charge is 0.353 e. The van der Waals surface area contributed by atoms with Crippen molar-refractivity contribution in [2.45, 2.75) is 46.1 Å². The normalized spacial score (nSPS) is 17.4. The third-order valence-corrected chi connectivity index (χ3v) is 4.79. The van der Waals surface area contributed by atoms with Crippen LogP contribution < -0.4 is 10.2 Å². The lowest BCUT2D eigenvalue weighted by Crippen LogP contribution is -2.43. The van der Waals surface area contributed by atoms with Crippen molar-refractivity contribution in [1.29, 1.82) is 0 Å². The number of piperidine rings is 1. The number of carbonyl (C=O) groups is 1. The Morgan fingerprint density at radius 1 is 1.43 bits per heavy atom. The summed E-state index contributed by atoms with van der Waals surface area (Å²) in [4.78, 5) is 22.6. The van der Waals surface area contributed by atoms with Crippen LogP contribution in [0.4, 0.5) is 5.95 Å². The molecule has 0 saturated carbocycles. The van der Waals surface area contributed by atoms with Crippen molar-refractivity contribution in [3.63, 3.8) is 0 Å².